The Morgan fingerprint density at radius 3 is 2.80 bits per heavy atom. The zero-order chi connectivity index (χ0) is 17.5. The van der Waals surface area contributed by atoms with Crippen LogP contribution in [0.2, 0.25) is 0 Å². The number of amides is 1. The fourth-order valence-corrected chi connectivity index (χ4v) is 3.22. The highest BCUT2D eigenvalue weighted by molar-refractivity contribution is 7.99. The molecule has 0 unspecified atom stereocenters. The summed E-state index contributed by atoms with van der Waals surface area (Å²) in [6.45, 7) is 2.86. The summed E-state index contributed by atoms with van der Waals surface area (Å²) >= 11 is 1.52. The number of carbonyl (C=O) groups is 1. The van der Waals surface area contributed by atoms with Gasteiger partial charge in [0.15, 0.2) is 5.58 Å². The van der Waals surface area contributed by atoms with E-state index >= 15 is 0 Å². The molecule has 0 saturated carbocycles. The van der Waals surface area contributed by atoms with Crippen molar-refractivity contribution in [2.75, 3.05) is 12.3 Å². The minimum absolute atomic E-state index is 0.0703. The topological polar surface area (TPSA) is 55.1 Å². The molecule has 0 aliphatic carbocycles. The second-order valence-corrected chi connectivity index (χ2v) is 6.84. The number of rotatable bonds is 8. The summed E-state index contributed by atoms with van der Waals surface area (Å²) in [5.74, 6) is 1.75. The van der Waals surface area contributed by atoms with Crippen LogP contribution in [0.1, 0.15) is 25.7 Å². The van der Waals surface area contributed by atoms with Crippen molar-refractivity contribution in [2.45, 2.75) is 25.5 Å². The second kappa shape index (κ2) is 8.72. The van der Waals surface area contributed by atoms with E-state index in [1.54, 1.807) is 0 Å². The van der Waals surface area contributed by atoms with Gasteiger partial charge in [0.25, 0.3) is 0 Å². The molecule has 5 heteroatoms. The molecule has 1 aromatic heterocycles. The molecule has 0 bridgehead atoms. The molecule has 0 spiro atoms. The summed E-state index contributed by atoms with van der Waals surface area (Å²) in [7, 11) is 0. The first-order valence-corrected chi connectivity index (χ1v) is 9.71. The van der Waals surface area contributed by atoms with Gasteiger partial charge in [-0.05, 0) is 29.7 Å². The Balaban J connectivity index is 1.59. The molecule has 1 N–H and O–H groups in total. The second-order valence-electron chi connectivity index (χ2n) is 5.85. The third kappa shape index (κ3) is 4.86. The van der Waals surface area contributed by atoms with E-state index in [0.717, 1.165) is 41.6 Å². The van der Waals surface area contributed by atoms with E-state index in [1.807, 2.05) is 36.4 Å². The Bertz CT molecular complexity index is 830. The van der Waals surface area contributed by atoms with Gasteiger partial charge in [0.1, 0.15) is 5.52 Å². The van der Waals surface area contributed by atoms with Crippen LogP contribution in [0.3, 0.4) is 0 Å². The summed E-state index contributed by atoms with van der Waals surface area (Å²) in [5, 5.41) is 2.91. The maximum absolute atomic E-state index is 11.7. The number of fused-ring (bicyclic) bond motifs is 1. The van der Waals surface area contributed by atoms with Crippen molar-refractivity contribution in [3.8, 4) is 11.1 Å². The number of oxazole rings is 1. The highest BCUT2D eigenvalue weighted by Crippen LogP contribution is 2.25. The Labute approximate surface area is 152 Å². The third-order valence-corrected chi connectivity index (χ3v) is 4.77. The lowest BCUT2D eigenvalue weighted by atomic mass is 10.1. The zero-order valence-electron chi connectivity index (χ0n) is 14.3. The van der Waals surface area contributed by atoms with Gasteiger partial charge in [-0.25, -0.2) is 4.98 Å². The van der Waals surface area contributed by atoms with Gasteiger partial charge in [-0.1, -0.05) is 49.7 Å². The molecule has 3 rings (SSSR count). The number of benzene rings is 2. The summed E-state index contributed by atoms with van der Waals surface area (Å²) in [6.07, 6.45) is 2.10. The van der Waals surface area contributed by atoms with Crippen molar-refractivity contribution in [3.05, 3.63) is 54.4 Å². The summed E-state index contributed by atoms with van der Waals surface area (Å²) in [6, 6.07) is 16.2. The van der Waals surface area contributed by atoms with Crippen LogP contribution < -0.4 is 5.32 Å². The lowest BCUT2D eigenvalue weighted by Crippen LogP contribution is -2.26. The van der Waals surface area contributed by atoms with E-state index in [0.29, 0.717) is 17.4 Å². The summed E-state index contributed by atoms with van der Waals surface area (Å²) in [5.41, 5.74) is 3.91. The lowest BCUT2D eigenvalue weighted by Gasteiger charge is -2.02. The molecule has 0 saturated heterocycles. The lowest BCUT2D eigenvalue weighted by molar-refractivity contribution is -0.118. The van der Waals surface area contributed by atoms with Crippen LogP contribution in [0.15, 0.2) is 52.9 Å². The Kier molecular flexibility index (Phi) is 6.12. The summed E-state index contributed by atoms with van der Waals surface area (Å²) in [4.78, 5) is 16.3. The molecule has 1 heterocycles. The smallest absolute Gasteiger partial charge is 0.230 e. The number of carbonyl (C=O) groups excluding carboxylic acids is 1. The zero-order valence-corrected chi connectivity index (χ0v) is 15.1. The summed E-state index contributed by atoms with van der Waals surface area (Å²) < 4.78 is 5.78. The average Bonchev–Trinajstić information content (AvgIpc) is 3.04. The van der Waals surface area contributed by atoms with E-state index < -0.39 is 0 Å². The average molecular weight is 354 g/mol. The molecule has 0 aliphatic heterocycles. The van der Waals surface area contributed by atoms with Crippen LogP contribution in [0, 0.1) is 0 Å². The maximum atomic E-state index is 11.7. The predicted octanol–water partition coefficient (Wildman–Crippen LogP) is 4.64. The Morgan fingerprint density at radius 2 is 2.00 bits per heavy atom. The van der Waals surface area contributed by atoms with Crippen molar-refractivity contribution in [1.29, 1.82) is 0 Å². The third-order valence-electron chi connectivity index (χ3n) is 3.85. The molecular weight excluding hydrogens is 332 g/mol. The first kappa shape index (κ1) is 17.5. The Morgan fingerprint density at radius 1 is 1.16 bits per heavy atom. The molecule has 4 nitrogen and oxygen atoms in total. The first-order chi connectivity index (χ1) is 12.3. The minimum atomic E-state index is 0.0703. The minimum Gasteiger partial charge on any atom is -0.440 e. The van der Waals surface area contributed by atoms with E-state index in [2.05, 4.69) is 29.4 Å². The molecular formula is C20H22N2O2S. The van der Waals surface area contributed by atoms with Crippen LogP contribution in [0.25, 0.3) is 22.2 Å². The van der Waals surface area contributed by atoms with Gasteiger partial charge in [-0.15, -0.1) is 11.8 Å². The van der Waals surface area contributed by atoms with Gasteiger partial charge in [0, 0.05) is 6.54 Å². The number of thioether (sulfide) groups is 1. The largest absolute Gasteiger partial charge is 0.440 e. The normalized spacial score (nSPS) is 10.9. The van der Waals surface area contributed by atoms with E-state index in [1.165, 1.54) is 11.8 Å². The molecule has 0 aliphatic rings. The van der Waals surface area contributed by atoms with Gasteiger partial charge in [-0.2, -0.15) is 0 Å². The number of aromatic nitrogens is 1. The van der Waals surface area contributed by atoms with Crippen LogP contribution >= 0.6 is 11.8 Å². The van der Waals surface area contributed by atoms with Crippen LogP contribution in [0.4, 0.5) is 0 Å². The SMILES string of the molecule is CCCCNC(=O)CSCc1nc2cc(-c3ccccc3)ccc2o1. The van der Waals surface area contributed by atoms with Crippen molar-refractivity contribution in [3.63, 3.8) is 0 Å². The van der Waals surface area contributed by atoms with Crippen LogP contribution in [0.5, 0.6) is 0 Å². The van der Waals surface area contributed by atoms with Crippen LogP contribution in [-0.4, -0.2) is 23.2 Å². The number of hydrogen-bond donors (Lipinski definition) is 1. The molecule has 130 valence electrons. The number of nitrogens with one attached hydrogen (secondary N) is 1. The standard InChI is InChI=1S/C20H22N2O2S/c1-2-3-11-21-19(23)13-25-14-20-22-17-12-16(9-10-18(17)24-20)15-7-5-4-6-8-15/h4-10,12H,2-3,11,13-14H2,1H3,(H,21,23). The number of hydrogen-bond acceptors (Lipinski definition) is 4. The molecule has 0 atom stereocenters. The molecule has 1 amide bonds. The van der Waals surface area contributed by atoms with E-state index in [9.17, 15) is 4.79 Å². The van der Waals surface area contributed by atoms with Gasteiger partial charge in [0.05, 0.1) is 11.5 Å². The van der Waals surface area contributed by atoms with Gasteiger partial charge in [0.2, 0.25) is 11.8 Å². The van der Waals surface area contributed by atoms with Crippen molar-refractivity contribution < 1.29 is 9.21 Å². The molecule has 0 fully saturated rings. The van der Waals surface area contributed by atoms with E-state index in [-0.39, 0.29) is 5.91 Å². The Hall–Kier alpha value is -2.27. The monoisotopic (exact) mass is 354 g/mol. The molecule has 0 radical (unpaired) electrons. The van der Waals surface area contributed by atoms with Gasteiger partial charge >= 0.3 is 0 Å². The van der Waals surface area contributed by atoms with Gasteiger partial charge in [-0.3, -0.25) is 4.79 Å². The molecule has 3 aromatic rings. The maximum Gasteiger partial charge on any atom is 0.230 e. The fraction of sp³-hybridized carbons (Fsp3) is 0.300. The molecule has 25 heavy (non-hydrogen) atoms. The molecule has 2 aromatic carbocycles. The highest BCUT2D eigenvalue weighted by Gasteiger charge is 2.09. The van der Waals surface area contributed by atoms with Crippen LogP contribution in [-0.2, 0) is 10.5 Å². The highest BCUT2D eigenvalue weighted by atomic mass is 32.2. The number of unbranched alkanes of at least 4 members (excludes halogenated alkanes) is 1. The number of nitrogens with zero attached hydrogens (tertiary/aromatic N) is 1. The van der Waals surface area contributed by atoms with Crippen molar-refractivity contribution in [2.24, 2.45) is 0 Å². The fourth-order valence-electron chi connectivity index (χ4n) is 2.53. The van der Waals surface area contributed by atoms with Crippen molar-refractivity contribution >= 4 is 28.8 Å². The van der Waals surface area contributed by atoms with E-state index in [4.69, 9.17) is 4.42 Å². The predicted molar refractivity (Wildman–Crippen MR) is 104 cm³/mol. The van der Waals surface area contributed by atoms with Crippen molar-refractivity contribution in [1.82, 2.24) is 10.3 Å². The first-order valence-electron chi connectivity index (χ1n) is 8.55. The van der Waals surface area contributed by atoms with Gasteiger partial charge < -0.3 is 9.73 Å². The quantitative estimate of drug-likeness (QED) is 0.599.